The minimum atomic E-state index is 0.0819. The Labute approximate surface area is 79.2 Å². The average Bonchev–Trinajstić information content (AvgIpc) is 2.51. The molecule has 0 radical (unpaired) electrons. The van der Waals surface area contributed by atoms with Crippen molar-refractivity contribution >= 4 is 5.78 Å². The number of ketones is 1. The molecule has 0 aromatic carbocycles. The van der Waals surface area contributed by atoms with Crippen LogP contribution in [0.5, 0.6) is 0 Å². The third kappa shape index (κ3) is 1.98. The molecule has 0 bridgehead atoms. The molecular formula is C11H15NO. The molecule has 0 heterocycles. The Morgan fingerprint density at radius 2 is 2.23 bits per heavy atom. The molecule has 0 N–H and O–H groups in total. The van der Waals surface area contributed by atoms with E-state index in [2.05, 4.69) is 19.9 Å². The third-order valence-corrected chi connectivity index (χ3v) is 2.99. The van der Waals surface area contributed by atoms with Crippen LogP contribution in [0.2, 0.25) is 0 Å². The number of allylic oxidation sites excluding steroid dienone is 2. The number of hydrogen-bond acceptors (Lipinski definition) is 2. The van der Waals surface area contributed by atoms with Crippen LogP contribution >= 0.6 is 0 Å². The molecule has 0 aromatic rings. The van der Waals surface area contributed by atoms with E-state index in [4.69, 9.17) is 5.26 Å². The van der Waals surface area contributed by atoms with Crippen LogP contribution in [0.1, 0.15) is 27.2 Å². The van der Waals surface area contributed by atoms with Crippen molar-refractivity contribution in [1.29, 1.82) is 5.26 Å². The minimum absolute atomic E-state index is 0.0819. The maximum atomic E-state index is 10.7. The van der Waals surface area contributed by atoms with E-state index in [0.29, 0.717) is 18.3 Å². The largest absolute Gasteiger partial charge is 0.295 e. The first-order valence-corrected chi connectivity index (χ1v) is 4.56. The molecule has 0 aliphatic heterocycles. The topological polar surface area (TPSA) is 40.9 Å². The van der Waals surface area contributed by atoms with E-state index in [9.17, 15) is 4.79 Å². The zero-order valence-corrected chi connectivity index (χ0v) is 8.37. The molecule has 1 saturated carbocycles. The molecule has 0 aromatic heterocycles. The van der Waals surface area contributed by atoms with Gasteiger partial charge in [0.15, 0.2) is 5.78 Å². The molecular weight excluding hydrogens is 162 g/mol. The summed E-state index contributed by atoms with van der Waals surface area (Å²) in [6.45, 7) is 5.83. The van der Waals surface area contributed by atoms with Gasteiger partial charge in [-0.3, -0.25) is 4.79 Å². The van der Waals surface area contributed by atoms with Crippen molar-refractivity contribution in [1.82, 2.24) is 0 Å². The molecule has 0 saturated heterocycles. The summed E-state index contributed by atoms with van der Waals surface area (Å²) in [6, 6.07) is 2.18. The molecule has 1 aliphatic rings. The minimum Gasteiger partial charge on any atom is -0.295 e. The lowest BCUT2D eigenvalue weighted by molar-refractivity contribution is -0.112. The molecule has 2 heteroatoms. The van der Waals surface area contributed by atoms with Crippen molar-refractivity contribution in [2.45, 2.75) is 27.2 Å². The quantitative estimate of drug-likeness (QED) is 0.621. The van der Waals surface area contributed by atoms with Gasteiger partial charge in [-0.1, -0.05) is 19.9 Å². The van der Waals surface area contributed by atoms with E-state index in [1.807, 2.05) is 6.08 Å². The average molecular weight is 177 g/mol. The molecule has 0 spiro atoms. The summed E-state index contributed by atoms with van der Waals surface area (Å²) in [6.07, 6.45) is 4.16. The number of nitrogens with zero attached hydrogens (tertiary/aromatic N) is 1. The summed E-state index contributed by atoms with van der Waals surface area (Å²) in [5.74, 6) is 0.933. The molecule has 0 unspecified atom stereocenters. The molecule has 2 nitrogen and oxygen atoms in total. The lowest BCUT2D eigenvalue weighted by Gasteiger charge is -1.96. The fraction of sp³-hybridized carbons (Fsp3) is 0.636. The molecule has 1 rings (SSSR count). The second-order valence-corrected chi connectivity index (χ2v) is 4.29. The van der Waals surface area contributed by atoms with Gasteiger partial charge in [0.2, 0.25) is 0 Å². The van der Waals surface area contributed by atoms with Crippen LogP contribution in [0.4, 0.5) is 0 Å². The highest BCUT2D eigenvalue weighted by molar-refractivity contribution is 5.87. The van der Waals surface area contributed by atoms with E-state index in [0.717, 1.165) is 0 Å². The van der Waals surface area contributed by atoms with Gasteiger partial charge in [0.25, 0.3) is 0 Å². The Morgan fingerprint density at radius 1 is 1.62 bits per heavy atom. The van der Waals surface area contributed by atoms with E-state index in [1.165, 1.54) is 0 Å². The summed E-state index contributed by atoms with van der Waals surface area (Å²) in [4.78, 5) is 10.7. The van der Waals surface area contributed by atoms with Gasteiger partial charge in [-0.05, 0) is 30.3 Å². The lowest BCUT2D eigenvalue weighted by Crippen LogP contribution is -1.89. The van der Waals surface area contributed by atoms with Gasteiger partial charge in [-0.25, -0.2) is 0 Å². The Kier molecular flexibility index (Phi) is 2.56. The molecule has 13 heavy (non-hydrogen) atoms. The summed E-state index contributed by atoms with van der Waals surface area (Å²) in [7, 11) is 0. The van der Waals surface area contributed by atoms with Crippen molar-refractivity contribution < 1.29 is 4.79 Å². The fourth-order valence-electron chi connectivity index (χ4n) is 1.90. The van der Waals surface area contributed by atoms with Gasteiger partial charge in [0, 0.05) is 6.42 Å². The number of carbonyl (C=O) groups is 1. The van der Waals surface area contributed by atoms with Gasteiger partial charge < -0.3 is 0 Å². The molecule has 1 aliphatic carbocycles. The predicted molar refractivity (Wildman–Crippen MR) is 50.8 cm³/mol. The summed E-state index contributed by atoms with van der Waals surface area (Å²) in [5.41, 5.74) is 0.210. The fourth-order valence-corrected chi connectivity index (χ4v) is 1.90. The third-order valence-electron chi connectivity index (χ3n) is 2.99. The molecule has 2 atom stereocenters. The van der Waals surface area contributed by atoms with Gasteiger partial charge in [-0.2, -0.15) is 5.26 Å². The van der Waals surface area contributed by atoms with Gasteiger partial charge >= 0.3 is 0 Å². The maximum Gasteiger partial charge on any atom is 0.152 e. The first kappa shape index (κ1) is 9.98. The zero-order chi connectivity index (χ0) is 10.1. The van der Waals surface area contributed by atoms with E-state index in [1.54, 1.807) is 13.0 Å². The van der Waals surface area contributed by atoms with Gasteiger partial charge in [0.1, 0.15) is 0 Å². The summed E-state index contributed by atoms with van der Waals surface area (Å²) < 4.78 is 0. The number of hydrogen-bond donors (Lipinski definition) is 0. The van der Waals surface area contributed by atoms with E-state index < -0.39 is 0 Å². The van der Waals surface area contributed by atoms with Crippen molar-refractivity contribution in [3.8, 4) is 6.07 Å². The molecule has 0 amide bonds. The maximum absolute atomic E-state index is 10.7. The Bertz CT molecular complexity index is 283. The van der Waals surface area contributed by atoms with Crippen molar-refractivity contribution in [3.05, 3.63) is 12.2 Å². The van der Waals surface area contributed by atoms with Crippen molar-refractivity contribution in [3.63, 3.8) is 0 Å². The number of nitriles is 1. The first-order chi connectivity index (χ1) is 6.00. The predicted octanol–water partition coefficient (Wildman–Crippen LogP) is 2.32. The lowest BCUT2D eigenvalue weighted by atomic mass is 10.1. The number of rotatable bonds is 3. The standard InChI is InChI=1S/C11H15NO/c1-8(13)4-5-9-10(6-7-12)11(9,2)3/h4-5,9-10H,6H2,1-3H3/b5-4+/t9-,10+/m0/s1. The van der Waals surface area contributed by atoms with Crippen LogP contribution in [-0.4, -0.2) is 5.78 Å². The van der Waals surface area contributed by atoms with Gasteiger partial charge in [0.05, 0.1) is 6.07 Å². The molecule has 1 fully saturated rings. The normalized spacial score (nSPS) is 30.0. The number of carbonyl (C=O) groups excluding carboxylic acids is 1. The van der Waals surface area contributed by atoms with E-state index in [-0.39, 0.29) is 11.2 Å². The highest BCUT2D eigenvalue weighted by Gasteiger charge is 2.55. The second kappa shape index (κ2) is 3.33. The van der Waals surface area contributed by atoms with Crippen LogP contribution < -0.4 is 0 Å². The SMILES string of the molecule is CC(=O)/C=C/[C@H]1[C@@H](CC#N)C1(C)C. The smallest absolute Gasteiger partial charge is 0.152 e. The summed E-state index contributed by atoms with van der Waals surface area (Å²) in [5, 5.41) is 8.56. The highest BCUT2D eigenvalue weighted by atomic mass is 16.1. The summed E-state index contributed by atoms with van der Waals surface area (Å²) >= 11 is 0. The van der Waals surface area contributed by atoms with Crippen LogP contribution in [0.15, 0.2) is 12.2 Å². The van der Waals surface area contributed by atoms with Crippen LogP contribution in [0.3, 0.4) is 0 Å². The van der Waals surface area contributed by atoms with Crippen LogP contribution in [0, 0.1) is 28.6 Å². The van der Waals surface area contributed by atoms with Crippen molar-refractivity contribution in [2.75, 3.05) is 0 Å². The zero-order valence-electron chi connectivity index (χ0n) is 8.37. The van der Waals surface area contributed by atoms with Crippen molar-refractivity contribution in [2.24, 2.45) is 17.3 Å². The molecule has 70 valence electrons. The highest BCUT2D eigenvalue weighted by Crippen LogP contribution is 2.60. The first-order valence-electron chi connectivity index (χ1n) is 4.56. The monoisotopic (exact) mass is 177 g/mol. The Morgan fingerprint density at radius 3 is 2.69 bits per heavy atom. The second-order valence-electron chi connectivity index (χ2n) is 4.29. The van der Waals surface area contributed by atoms with Gasteiger partial charge in [-0.15, -0.1) is 0 Å². The van der Waals surface area contributed by atoms with Crippen LogP contribution in [-0.2, 0) is 4.79 Å². The van der Waals surface area contributed by atoms with Crippen LogP contribution in [0.25, 0.3) is 0 Å². The van der Waals surface area contributed by atoms with E-state index >= 15 is 0 Å². The Hall–Kier alpha value is -1.10. The Balaban J connectivity index is 2.56.